The van der Waals surface area contributed by atoms with Gasteiger partial charge >= 0.3 is 0 Å². The Balaban J connectivity index is 2.25. The fourth-order valence-corrected chi connectivity index (χ4v) is 1.75. The number of carbonyl (C=O) groups is 1. The number of nitrogens with zero attached hydrogens (tertiary/aromatic N) is 2. The van der Waals surface area contributed by atoms with Crippen molar-refractivity contribution in [2.24, 2.45) is 0 Å². The van der Waals surface area contributed by atoms with Gasteiger partial charge in [-0.3, -0.25) is 4.79 Å². The van der Waals surface area contributed by atoms with E-state index in [4.69, 9.17) is 0 Å². The van der Waals surface area contributed by atoms with Crippen molar-refractivity contribution in [3.05, 3.63) is 47.8 Å². The van der Waals surface area contributed by atoms with Gasteiger partial charge in [0.2, 0.25) is 0 Å². The fourth-order valence-electron chi connectivity index (χ4n) is 1.75. The highest BCUT2D eigenvalue weighted by molar-refractivity contribution is 5.95. The first kappa shape index (κ1) is 13.2. The lowest BCUT2D eigenvalue weighted by atomic mass is 10.2. The molecule has 1 amide bonds. The maximum atomic E-state index is 11.9. The van der Waals surface area contributed by atoms with Crippen LogP contribution in [0, 0.1) is 6.92 Å². The van der Waals surface area contributed by atoms with Crippen LogP contribution in [0.2, 0.25) is 0 Å². The van der Waals surface area contributed by atoms with Crippen LogP contribution in [-0.2, 0) is 0 Å². The lowest BCUT2D eigenvalue weighted by molar-refractivity contribution is 0.0952. The lowest BCUT2D eigenvalue weighted by Gasteiger charge is -2.07. The third kappa shape index (κ3) is 3.16. The molecule has 1 N–H and O–H groups in total. The second-order valence-electron chi connectivity index (χ2n) is 4.31. The van der Waals surface area contributed by atoms with E-state index >= 15 is 0 Å². The highest BCUT2D eigenvalue weighted by atomic mass is 16.1. The van der Waals surface area contributed by atoms with Gasteiger partial charge in [0.1, 0.15) is 0 Å². The van der Waals surface area contributed by atoms with Crippen LogP contribution in [0.25, 0.3) is 11.4 Å². The Morgan fingerprint density at radius 1 is 1.26 bits per heavy atom. The first-order chi connectivity index (χ1) is 9.22. The van der Waals surface area contributed by atoms with Gasteiger partial charge in [-0.1, -0.05) is 37.3 Å². The Labute approximate surface area is 112 Å². The Morgan fingerprint density at radius 2 is 2.00 bits per heavy atom. The molecule has 0 aliphatic heterocycles. The van der Waals surface area contributed by atoms with Crippen molar-refractivity contribution in [2.45, 2.75) is 20.3 Å². The lowest BCUT2D eigenvalue weighted by Crippen LogP contribution is -2.25. The van der Waals surface area contributed by atoms with Crippen molar-refractivity contribution < 1.29 is 4.79 Å². The molecule has 0 aliphatic rings. The van der Waals surface area contributed by atoms with E-state index in [0.29, 0.717) is 23.6 Å². The molecule has 0 atom stereocenters. The molecule has 2 aromatic rings. The normalized spacial score (nSPS) is 10.2. The average Bonchev–Trinajstić information content (AvgIpc) is 2.45. The summed E-state index contributed by atoms with van der Waals surface area (Å²) >= 11 is 0. The second-order valence-corrected chi connectivity index (χ2v) is 4.31. The van der Waals surface area contributed by atoms with E-state index in [1.54, 1.807) is 6.20 Å². The van der Waals surface area contributed by atoms with Crippen LogP contribution in [-0.4, -0.2) is 22.4 Å². The summed E-state index contributed by atoms with van der Waals surface area (Å²) in [5.41, 5.74) is 2.18. The molecule has 0 saturated carbocycles. The zero-order chi connectivity index (χ0) is 13.7. The van der Waals surface area contributed by atoms with Crippen molar-refractivity contribution >= 4 is 5.91 Å². The third-order valence-corrected chi connectivity index (χ3v) is 2.79. The predicted octanol–water partition coefficient (Wildman–Crippen LogP) is 2.59. The molecule has 98 valence electrons. The van der Waals surface area contributed by atoms with Crippen LogP contribution in [0.1, 0.15) is 29.4 Å². The maximum Gasteiger partial charge on any atom is 0.254 e. The zero-order valence-electron chi connectivity index (χ0n) is 11.2. The molecule has 0 radical (unpaired) electrons. The first-order valence-corrected chi connectivity index (χ1v) is 6.39. The summed E-state index contributed by atoms with van der Waals surface area (Å²) in [6, 6.07) is 9.73. The van der Waals surface area contributed by atoms with E-state index in [0.717, 1.165) is 12.0 Å². The van der Waals surface area contributed by atoms with Crippen LogP contribution in [0.4, 0.5) is 0 Å². The first-order valence-electron chi connectivity index (χ1n) is 6.39. The third-order valence-electron chi connectivity index (χ3n) is 2.79. The van der Waals surface area contributed by atoms with Gasteiger partial charge in [0.15, 0.2) is 5.82 Å². The molecule has 0 fully saturated rings. The molecule has 2 rings (SSSR count). The summed E-state index contributed by atoms with van der Waals surface area (Å²) < 4.78 is 0. The van der Waals surface area contributed by atoms with Gasteiger partial charge in [-0.25, -0.2) is 9.97 Å². The quantitative estimate of drug-likeness (QED) is 0.913. The van der Waals surface area contributed by atoms with Crippen LogP contribution >= 0.6 is 0 Å². The molecule has 19 heavy (non-hydrogen) atoms. The Kier molecular flexibility index (Phi) is 4.23. The molecule has 0 saturated heterocycles. The van der Waals surface area contributed by atoms with Gasteiger partial charge in [-0.05, 0) is 13.3 Å². The Hall–Kier alpha value is -2.23. The number of rotatable bonds is 4. The van der Waals surface area contributed by atoms with Crippen molar-refractivity contribution in [3.63, 3.8) is 0 Å². The molecule has 4 nitrogen and oxygen atoms in total. The van der Waals surface area contributed by atoms with Gasteiger partial charge in [0.25, 0.3) is 5.91 Å². The number of hydrogen-bond donors (Lipinski definition) is 1. The van der Waals surface area contributed by atoms with Crippen molar-refractivity contribution in [1.29, 1.82) is 0 Å². The summed E-state index contributed by atoms with van der Waals surface area (Å²) in [5.74, 6) is 0.532. The fraction of sp³-hybridized carbons (Fsp3) is 0.267. The number of nitrogens with one attached hydrogen (secondary N) is 1. The topological polar surface area (TPSA) is 54.9 Å². The van der Waals surface area contributed by atoms with Gasteiger partial charge in [0, 0.05) is 18.3 Å². The van der Waals surface area contributed by atoms with Gasteiger partial charge in [-0.2, -0.15) is 0 Å². The van der Waals surface area contributed by atoms with E-state index in [-0.39, 0.29) is 5.91 Å². The highest BCUT2D eigenvalue weighted by Crippen LogP contribution is 2.15. The summed E-state index contributed by atoms with van der Waals surface area (Å²) in [7, 11) is 0. The molecule has 0 aliphatic carbocycles. The molecule has 1 aromatic heterocycles. The molecule has 0 spiro atoms. The number of aromatic nitrogens is 2. The molecule has 1 heterocycles. The average molecular weight is 255 g/mol. The molecule has 0 unspecified atom stereocenters. The van der Waals surface area contributed by atoms with Gasteiger partial charge < -0.3 is 5.32 Å². The standard InChI is InChI=1S/C15H17N3O/c1-3-9-16-15(19)13-10-17-14(18-11(13)2)12-7-5-4-6-8-12/h4-8,10H,3,9H2,1-2H3,(H,16,19). The molecule has 1 aromatic carbocycles. The largest absolute Gasteiger partial charge is 0.352 e. The van der Waals surface area contributed by atoms with E-state index in [9.17, 15) is 4.79 Å². The monoisotopic (exact) mass is 255 g/mol. The number of hydrogen-bond acceptors (Lipinski definition) is 3. The van der Waals surface area contributed by atoms with E-state index in [1.807, 2.05) is 44.2 Å². The zero-order valence-corrected chi connectivity index (χ0v) is 11.2. The van der Waals surface area contributed by atoms with E-state index < -0.39 is 0 Å². The van der Waals surface area contributed by atoms with Crippen LogP contribution < -0.4 is 5.32 Å². The molecule has 4 heteroatoms. The Morgan fingerprint density at radius 3 is 2.63 bits per heavy atom. The smallest absolute Gasteiger partial charge is 0.254 e. The predicted molar refractivity (Wildman–Crippen MR) is 74.8 cm³/mol. The highest BCUT2D eigenvalue weighted by Gasteiger charge is 2.11. The summed E-state index contributed by atoms with van der Waals surface area (Å²) in [6.45, 7) is 4.51. The SMILES string of the molecule is CCCNC(=O)c1cnc(-c2ccccc2)nc1C. The minimum atomic E-state index is -0.112. The summed E-state index contributed by atoms with van der Waals surface area (Å²) in [4.78, 5) is 20.5. The number of benzene rings is 1. The minimum Gasteiger partial charge on any atom is -0.352 e. The number of aryl methyl sites for hydroxylation is 1. The van der Waals surface area contributed by atoms with E-state index in [1.165, 1.54) is 0 Å². The summed E-state index contributed by atoms with van der Waals surface area (Å²) in [5, 5.41) is 2.83. The van der Waals surface area contributed by atoms with Crippen LogP contribution in [0.15, 0.2) is 36.5 Å². The molecule has 0 bridgehead atoms. The van der Waals surface area contributed by atoms with Gasteiger partial charge in [0.05, 0.1) is 11.3 Å². The van der Waals surface area contributed by atoms with Crippen molar-refractivity contribution in [3.8, 4) is 11.4 Å². The molecular formula is C15H17N3O. The van der Waals surface area contributed by atoms with Crippen LogP contribution in [0.3, 0.4) is 0 Å². The van der Waals surface area contributed by atoms with Crippen molar-refractivity contribution in [2.75, 3.05) is 6.54 Å². The summed E-state index contributed by atoms with van der Waals surface area (Å²) in [6.07, 6.45) is 2.50. The van der Waals surface area contributed by atoms with Gasteiger partial charge in [-0.15, -0.1) is 0 Å². The van der Waals surface area contributed by atoms with E-state index in [2.05, 4.69) is 15.3 Å². The minimum absolute atomic E-state index is 0.112. The van der Waals surface area contributed by atoms with Crippen LogP contribution in [0.5, 0.6) is 0 Å². The number of amides is 1. The number of carbonyl (C=O) groups excluding carboxylic acids is 1. The maximum absolute atomic E-state index is 11.9. The van der Waals surface area contributed by atoms with Crippen molar-refractivity contribution in [1.82, 2.24) is 15.3 Å². The molecular weight excluding hydrogens is 238 g/mol. The Bertz CT molecular complexity index is 567. The second kappa shape index (κ2) is 6.09.